The van der Waals surface area contributed by atoms with Crippen molar-refractivity contribution in [2.45, 2.75) is 38.9 Å². The number of carbonyl (C=O) groups is 1. The molecule has 0 saturated carbocycles. The molecule has 140 valence electrons. The smallest absolute Gasteiger partial charge is 0.342 e. The number of nitrogens with zero attached hydrogens (tertiary/aromatic N) is 3. The number of hydrogen-bond acceptors (Lipinski definition) is 2. The fraction of sp³-hybridized carbons (Fsp3) is 0.474. The van der Waals surface area contributed by atoms with Gasteiger partial charge >= 0.3 is 6.18 Å². The minimum atomic E-state index is -4.44. The van der Waals surface area contributed by atoms with Crippen LogP contribution < -0.4 is 0 Å². The van der Waals surface area contributed by atoms with Gasteiger partial charge in [0, 0.05) is 25.8 Å². The van der Waals surface area contributed by atoms with Crippen LogP contribution in [0, 0.1) is 12.8 Å². The number of benzene rings is 1. The van der Waals surface area contributed by atoms with E-state index in [9.17, 15) is 18.0 Å². The van der Waals surface area contributed by atoms with E-state index in [1.807, 2.05) is 24.0 Å². The summed E-state index contributed by atoms with van der Waals surface area (Å²) in [5.41, 5.74) is 0.428. The lowest BCUT2D eigenvalue weighted by molar-refractivity contribution is -0.138. The molecule has 3 rings (SSSR count). The van der Waals surface area contributed by atoms with Crippen molar-refractivity contribution >= 4 is 5.91 Å². The molecule has 1 aliphatic heterocycles. The van der Waals surface area contributed by atoms with Gasteiger partial charge in [-0.15, -0.1) is 0 Å². The van der Waals surface area contributed by atoms with E-state index in [0.717, 1.165) is 31.0 Å². The lowest BCUT2D eigenvalue weighted by atomic mass is 9.96. The van der Waals surface area contributed by atoms with Crippen LogP contribution in [-0.2, 0) is 23.9 Å². The van der Waals surface area contributed by atoms with Gasteiger partial charge in [0.15, 0.2) is 0 Å². The molecular weight excluding hydrogens is 343 g/mol. The number of amides is 1. The molecular formula is C19H22F3N3O. The van der Waals surface area contributed by atoms with Crippen molar-refractivity contribution < 1.29 is 18.0 Å². The Bertz CT molecular complexity index is 761. The van der Waals surface area contributed by atoms with Gasteiger partial charge in [-0.05, 0) is 42.9 Å². The largest absolute Gasteiger partial charge is 0.416 e. The summed E-state index contributed by atoms with van der Waals surface area (Å²) in [6.45, 7) is 3.96. The molecule has 0 unspecified atom stereocenters. The molecule has 1 aromatic heterocycles. The van der Waals surface area contributed by atoms with E-state index in [-0.39, 0.29) is 17.9 Å². The Hall–Kier alpha value is -2.31. The van der Waals surface area contributed by atoms with E-state index in [0.29, 0.717) is 19.0 Å². The summed E-state index contributed by atoms with van der Waals surface area (Å²) in [4.78, 5) is 14.1. The maximum atomic E-state index is 13.1. The van der Waals surface area contributed by atoms with Crippen LogP contribution in [-0.4, -0.2) is 33.7 Å². The molecule has 2 heterocycles. The van der Waals surface area contributed by atoms with Gasteiger partial charge < -0.3 is 4.90 Å². The van der Waals surface area contributed by atoms with Crippen LogP contribution >= 0.6 is 0 Å². The maximum Gasteiger partial charge on any atom is 0.416 e. The van der Waals surface area contributed by atoms with Crippen LogP contribution in [0.3, 0.4) is 0 Å². The molecule has 0 aliphatic carbocycles. The second kappa shape index (κ2) is 7.51. The lowest BCUT2D eigenvalue weighted by Crippen LogP contribution is -2.40. The molecule has 0 atom stereocenters. The number of rotatable bonds is 4. The Balaban J connectivity index is 1.56. The van der Waals surface area contributed by atoms with E-state index in [1.165, 1.54) is 18.2 Å². The Morgan fingerprint density at radius 1 is 1.23 bits per heavy atom. The highest BCUT2D eigenvalue weighted by Gasteiger charge is 2.34. The predicted molar refractivity (Wildman–Crippen MR) is 91.4 cm³/mol. The van der Waals surface area contributed by atoms with Gasteiger partial charge in [0.1, 0.15) is 0 Å². The van der Waals surface area contributed by atoms with Crippen molar-refractivity contribution in [1.82, 2.24) is 14.7 Å². The molecule has 0 N–H and O–H groups in total. The molecule has 7 heteroatoms. The quantitative estimate of drug-likeness (QED) is 0.829. The van der Waals surface area contributed by atoms with Gasteiger partial charge in [0.25, 0.3) is 0 Å². The highest BCUT2D eigenvalue weighted by atomic mass is 19.4. The number of alkyl halides is 3. The summed E-state index contributed by atoms with van der Waals surface area (Å²) in [5.74, 6) is 0.191. The molecule has 1 amide bonds. The van der Waals surface area contributed by atoms with Gasteiger partial charge in [0.05, 0.1) is 18.2 Å². The minimum Gasteiger partial charge on any atom is -0.342 e. The second-order valence-corrected chi connectivity index (χ2v) is 6.90. The van der Waals surface area contributed by atoms with Crippen LogP contribution in [0.5, 0.6) is 0 Å². The van der Waals surface area contributed by atoms with Gasteiger partial charge in [-0.25, -0.2) is 0 Å². The molecule has 1 aliphatic rings. The first-order chi connectivity index (χ1) is 12.3. The van der Waals surface area contributed by atoms with Crippen molar-refractivity contribution in [3.63, 3.8) is 0 Å². The number of hydrogen-bond donors (Lipinski definition) is 0. The van der Waals surface area contributed by atoms with Gasteiger partial charge in [0.2, 0.25) is 5.91 Å². The van der Waals surface area contributed by atoms with Gasteiger partial charge in [-0.2, -0.15) is 18.3 Å². The average Bonchev–Trinajstić information content (AvgIpc) is 3.00. The highest BCUT2D eigenvalue weighted by Crippen LogP contribution is 2.32. The number of aryl methyl sites for hydroxylation is 1. The first-order valence-corrected chi connectivity index (χ1v) is 8.75. The Kier molecular flexibility index (Phi) is 5.34. The topological polar surface area (TPSA) is 38.1 Å². The van der Waals surface area contributed by atoms with Crippen LogP contribution in [0.2, 0.25) is 0 Å². The monoisotopic (exact) mass is 365 g/mol. The van der Waals surface area contributed by atoms with Crippen LogP contribution in [0.25, 0.3) is 0 Å². The molecule has 0 radical (unpaired) electrons. The zero-order valence-electron chi connectivity index (χ0n) is 14.7. The summed E-state index contributed by atoms with van der Waals surface area (Å²) in [5, 5.41) is 4.28. The van der Waals surface area contributed by atoms with Crippen molar-refractivity contribution in [3.05, 3.63) is 53.3 Å². The average molecular weight is 365 g/mol. The Morgan fingerprint density at radius 3 is 2.54 bits per heavy atom. The molecule has 0 spiro atoms. The standard InChI is InChI=1S/C19H22F3N3O/c1-14-11-23-25(12-14)13-15-6-8-24(9-7-15)18(26)10-16-4-2-3-5-17(16)19(20,21)22/h2-5,11-12,15H,6-10,13H2,1H3. The summed E-state index contributed by atoms with van der Waals surface area (Å²) in [7, 11) is 0. The number of aromatic nitrogens is 2. The van der Waals surface area contributed by atoms with Crippen molar-refractivity contribution in [2.24, 2.45) is 5.92 Å². The van der Waals surface area contributed by atoms with E-state index in [4.69, 9.17) is 0 Å². The molecule has 1 aromatic carbocycles. The number of carbonyl (C=O) groups excluding carboxylic acids is 1. The van der Waals surface area contributed by atoms with Gasteiger partial charge in [-0.3, -0.25) is 9.48 Å². The third-order valence-corrected chi connectivity index (χ3v) is 4.84. The maximum absolute atomic E-state index is 13.1. The number of piperidine rings is 1. The summed E-state index contributed by atoms with van der Waals surface area (Å²) in [6.07, 6.45) is 0.837. The zero-order valence-corrected chi connectivity index (χ0v) is 14.7. The molecule has 0 bridgehead atoms. The van der Waals surface area contributed by atoms with Crippen molar-refractivity contribution in [2.75, 3.05) is 13.1 Å². The molecule has 1 saturated heterocycles. The third-order valence-electron chi connectivity index (χ3n) is 4.84. The number of likely N-dealkylation sites (tertiary alicyclic amines) is 1. The summed E-state index contributed by atoms with van der Waals surface area (Å²) >= 11 is 0. The van der Waals surface area contributed by atoms with Crippen molar-refractivity contribution in [3.8, 4) is 0 Å². The first kappa shape index (κ1) is 18.5. The second-order valence-electron chi connectivity index (χ2n) is 6.90. The fourth-order valence-corrected chi connectivity index (χ4v) is 3.42. The highest BCUT2D eigenvalue weighted by molar-refractivity contribution is 5.79. The Labute approximate surface area is 150 Å². The van der Waals surface area contributed by atoms with E-state index in [1.54, 1.807) is 4.90 Å². The fourth-order valence-electron chi connectivity index (χ4n) is 3.42. The van der Waals surface area contributed by atoms with Crippen LogP contribution in [0.15, 0.2) is 36.7 Å². The third kappa shape index (κ3) is 4.45. The van der Waals surface area contributed by atoms with Crippen molar-refractivity contribution in [1.29, 1.82) is 0 Å². The van der Waals surface area contributed by atoms with Crippen LogP contribution in [0.1, 0.15) is 29.5 Å². The van der Waals surface area contributed by atoms with E-state index >= 15 is 0 Å². The zero-order chi connectivity index (χ0) is 18.7. The Morgan fingerprint density at radius 2 is 1.92 bits per heavy atom. The summed E-state index contributed by atoms with van der Waals surface area (Å²) in [6, 6.07) is 5.30. The number of halogens is 3. The lowest BCUT2D eigenvalue weighted by Gasteiger charge is -2.32. The normalized spacial score (nSPS) is 16.1. The van der Waals surface area contributed by atoms with E-state index < -0.39 is 11.7 Å². The predicted octanol–water partition coefficient (Wildman–Crippen LogP) is 3.69. The molecule has 4 nitrogen and oxygen atoms in total. The molecule has 1 fully saturated rings. The van der Waals surface area contributed by atoms with E-state index in [2.05, 4.69) is 5.10 Å². The molecule has 26 heavy (non-hydrogen) atoms. The van der Waals surface area contributed by atoms with Gasteiger partial charge in [-0.1, -0.05) is 18.2 Å². The SMILES string of the molecule is Cc1cnn(CC2CCN(C(=O)Cc3ccccc3C(F)(F)F)CC2)c1. The summed E-state index contributed by atoms with van der Waals surface area (Å²) < 4.78 is 41.1. The van der Waals surface area contributed by atoms with Crippen LogP contribution in [0.4, 0.5) is 13.2 Å². The minimum absolute atomic E-state index is 0.0409. The first-order valence-electron chi connectivity index (χ1n) is 8.75. The molecule has 2 aromatic rings.